The summed E-state index contributed by atoms with van der Waals surface area (Å²) in [6.45, 7) is 7.85. The van der Waals surface area contributed by atoms with Gasteiger partial charge in [0.2, 0.25) is 0 Å². The van der Waals surface area contributed by atoms with Crippen LogP contribution in [0.2, 0.25) is 0 Å². The van der Waals surface area contributed by atoms with E-state index in [2.05, 4.69) is 43.0 Å². The second kappa shape index (κ2) is 6.31. The fraction of sp³-hybridized carbons (Fsp3) is 0.500. The molecule has 0 bridgehead atoms. The molecule has 1 rings (SSSR count). The van der Waals surface area contributed by atoms with Crippen LogP contribution in [-0.4, -0.2) is 18.9 Å². The molecule has 0 fully saturated rings. The Morgan fingerprint density at radius 2 is 2.12 bits per heavy atom. The van der Waals surface area contributed by atoms with Crippen LogP contribution in [0.3, 0.4) is 0 Å². The Hall–Kier alpha value is -1.31. The number of aryl methyl sites for hydroxylation is 1. The quantitative estimate of drug-likeness (QED) is 0.732. The Morgan fingerprint density at radius 1 is 1.38 bits per heavy atom. The lowest BCUT2D eigenvalue weighted by Gasteiger charge is -2.23. The van der Waals surface area contributed by atoms with Crippen LogP contribution < -0.4 is 4.90 Å². The van der Waals surface area contributed by atoms with Crippen molar-refractivity contribution in [3.05, 3.63) is 29.8 Å². The first-order valence-electron chi connectivity index (χ1n) is 5.94. The minimum atomic E-state index is 0.278. The molecule has 0 aliphatic rings. The number of carbonyl (C=O) groups is 1. The van der Waals surface area contributed by atoms with Crippen molar-refractivity contribution in [2.75, 3.05) is 18.0 Å². The molecule has 2 heteroatoms. The number of nitrogens with zero attached hydrogens (tertiary/aromatic N) is 1. The highest BCUT2D eigenvalue weighted by Crippen LogP contribution is 2.16. The van der Waals surface area contributed by atoms with Gasteiger partial charge in [-0.05, 0) is 44.9 Å². The lowest BCUT2D eigenvalue weighted by Crippen LogP contribution is -2.24. The Balaban J connectivity index is 2.57. The van der Waals surface area contributed by atoms with E-state index < -0.39 is 0 Å². The van der Waals surface area contributed by atoms with E-state index >= 15 is 0 Å². The van der Waals surface area contributed by atoms with E-state index in [1.807, 2.05) is 0 Å². The smallest absolute Gasteiger partial charge is 0.129 e. The van der Waals surface area contributed by atoms with Crippen LogP contribution in [0.25, 0.3) is 0 Å². The zero-order chi connectivity index (χ0) is 12.0. The van der Waals surface area contributed by atoms with Gasteiger partial charge in [0.15, 0.2) is 0 Å². The minimum absolute atomic E-state index is 0.278. The van der Waals surface area contributed by atoms with Crippen LogP contribution in [-0.2, 0) is 4.79 Å². The van der Waals surface area contributed by atoms with Gasteiger partial charge in [-0.3, -0.25) is 0 Å². The summed E-state index contributed by atoms with van der Waals surface area (Å²) in [4.78, 5) is 13.2. The average Bonchev–Trinajstić information content (AvgIpc) is 2.24. The third kappa shape index (κ3) is 4.05. The highest BCUT2D eigenvalue weighted by atomic mass is 16.1. The van der Waals surface area contributed by atoms with Crippen molar-refractivity contribution in [3.8, 4) is 0 Å². The van der Waals surface area contributed by atoms with Crippen LogP contribution >= 0.6 is 0 Å². The van der Waals surface area contributed by atoms with Crippen molar-refractivity contribution < 1.29 is 4.79 Å². The molecule has 0 aromatic heterocycles. The average molecular weight is 219 g/mol. The van der Waals surface area contributed by atoms with Crippen molar-refractivity contribution >= 4 is 11.5 Å². The maximum absolute atomic E-state index is 10.9. The molecule has 0 unspecified atom stereocenters. The largest absolute Gasteiger partial charge is 0.372 e. The molecule has 0 heterocycles. The van der Waals surface area contributed by atoms with Gasteiger partial charge in [0, 0.05) is 25.2 Å². The van der Waals surface area contributed by atoms with E-state index in [1.165, 1.54) is 11.3 Å². The van der Waals surface area contributed by atoms with Crippen molar-refractivity contribution in [3.63, 3.8) is 0 Å². The predicted octanol–water partition coefficient (Wildman–Crippen LogP) is 3.19. The molecule has 0 spiro atoms. The topological polar surface area (TPSA) is 20.3 Å². The summed E-state index contributed by atoms with van der Waals surface area (Å²) in [6, 6.07) is 8.51. The number of hydrogen-bond donors (Lipinski definition) is 0. The van der Waals surface area contributed by atoms with Crippen LogP contribution in [0.15, 0.2) is 24.3 Å². The summed E-state index contributed by atoms with van der Waals surface area (Å²) in [5.74, 6) is 0.278. The molecule has 0 saturated carbocycles. The molecule has 88 valence electrons. The molecule has 1 aromatic rings. The molecular formula is C14H21NO. The minimum Gasteiger partial charge on any atom is -0.372 e. The monoisotopic (exact) mass is 219 g/mol. The molecule has 16 heavy (non-hydrogen) atoms. The maximum Gasteiger partial charge on any atom is 0.129 e. The Bertz CT molecular complexity index is 346. The van der Waals surface area contributed by atoms with Crippen LogP contribution in [0.4, 0.5) is 5.69 Å². The van der Waals surface area contributed by atoms with Crippen molar-refractivity contribution in [2.24, 2.45) is 0 Å². The fourth-order valence-corrected chi connectivity index (χ4v) is 1.81. The van der Waals surface area contributed by atoms with Crippen molar-refractivity contribution in [2.45, 2.75) is 33.6 Å². The van der Waals surface area contributed by atoms with Gasteiger partial charge in [0.1, 0.15) is 5.78 Å². The van der Waals surface area contributed by atoms with Gasteiger partial charge in [0.05, 0.1) is 0 Å². The van der Waals surface area contributed by atoms with Crippen LogP contribution in [0, 0.1) is 6.92 Å². The number of Topliss-reactive ketones (excluding diaryl/α,β-unsaturated/α-hetero) is 1. The summed E-state index contributed by atoms with van der Waals surface area (Å²) in [5.41, 5.74) is 2.54. The summed E-state index contributed by atoms with van der Waals surface area (Å²) >= 11 is 0. The highest BCUT2D eigenvalue weighted by Gasteiger charge is 2.04. The lowest BCUT2D eigenvalue weighted by molar-refractivity contribution is -0.117. The number of anilines is 1. The number of benzene rings is 1. The van der Waals surface area contributed by atoms with Crippen LogP contribution in [0.5, 0.6) is 0 Å². The molecular weight excluding hydrogens is 198 g/mol. The standard InChI is InChI=1S/C14H21NO/c1-4-15(10-6-8-13(3)16)14-9-5-7-12(2)11-14/h5,7,9,11H,4,6,8,10H2,1-3H3. The molecule has 0 aliphatic heterocycles. The molecule has 2 nitrogen and oxygen atoms in total. The summed E-state index contributed by atoms with van der Waals surface area (Å²) in [7, 11) is 0. The number of carbonyl (C=O) groups excluding carboxylic acids is 1. The Morgan fingerprint density at radius 3 is 2.69 bits per heavy atom. The van der Waals surface area contributed by atoms with Gasteiger partial charge in [-0.2, -0.15) is 0 Å². The molecule has 0 amide bonds. The fourth-order valence-electron chi connectivity index (χ4n) is 1.81. The number of ketones is 1. The van der Waals surface area contributed by atoms with E-state index in [-0.39, 0.29) is 5.78 Å². The molecule has 0 N–H and O–H groups in total. The Kier molecular flexibility index (Phi) is 5.03. The third-order valence-corrected chi connectivity index (χ3v) is 2.71. The van der Waals surface area contributed by atoms with E-state index in [4.69, 9.17) is 0 Å². The third-order valence-electron chi connectivity index (χ3n) is 2.71. The summed E-state index contributed by atoms with van der Waals surface area (Å²) in [6.07, 6.45) is 1.62. The first-order chi connectivity index (χ1) is 7.63. The van der Waals surface area contributed by atoms with Gasteiger partial charge < -0.3 is 9.69 Å². The van der Waals surface area contributed by atoms with Crippen molar-refractivity contribution in [1.82, 2.24) is 0 Å². The Labute approximate surface area is 98.3 Å². The zero-order valence-electron chi connectivity index (χ0n) is 10.5. The van der Waals surface area contributed by atoms with Gasteiger partial charge in [-0.15, -0.1) is 0 Å². The van der Waals surface area contributed by atoms with Gasteiger partial charge in [-0.1, -0.05) is 12.1 Å². The number of hydrogen-bond acceptors (Lipinski definition) is 2. The van der Waals surface area contributed by atoms with Gasteiger partial charge in [-0.25, -0.2) is 0 Å². The zero-order valence-corrected chi connectivity index (χ0v) is 10.5. The SMILES string of the molecule is CCN(CCCC(C)=O)c1cccc(C)c1. The van der Waals surface area contributed by atoms with E-state index in [9.17, 15) is 4.79 Å². The van der Waals surface area contributed by atoms with Crippen molar-refractivity contribution in [1.29, 1.82) is 0 Å². The van der Waals surface area contributed by atoms with E-state index in [1.54, 1.807) is 6.92 Å². The van der Waals surface area contributed by atoms with E-state index in [0.29, 0.717) is 6.42 Å². The second-order valence-corrected chi connectivity index (χ2v) is 4.22. The molecule has 0 aliphatic carbocycles. The number of rotatable bonds is 6. The lowest BCUT2D eigenvalue weighted by atomic mass is 10.2. The second-order valence-electron chi connectivity index (χ2n) is 4.22. The maximum atomic E-state index is 10.9. The highest BCUT2D eigenvalue weighted by molar-refractivity contribution is 5.75. The van der Waals surface area contributed by atoms with Crippen LogP contribution in [0.1, 0.15) is 32.3 Å². The molecule has 0 atom stereocenters. The molecule has 0 saturated heterocycles. The first-order valence-corrected chi connectivity index (χ1v) is 5.94. The molecule has 1 aromatic carbocycles. The van der Waals surface area contributed by atoms with E-state index in [0.717, 1.165) is 19.5 Å². The first kappa shape index (κ1) is 12.8. The predicted molar refractivity (Wildman–Crippen MR) is 69.0 cm³/mol. The normalized spacial score (nSPS) is 10.2. The molecule has 0 radical (unpaired) electrons. The summed E-state index contributed by atoms with van der Waals surface area (Å²) < 4.78 is 0. The van der Waals surface area contributed by atoms with Gasteiger partial charge >= 0.3 is 0 Å². The summed E-state index contributed by atoms with van der Waals surface area (Å²) in [5, 5.41) is 0. The van der Waals surface area contributed by atoms with Gasteiger partial charge in [0.25, 0.3) is 0 Å².